The number of hydrogen-bond donors (Lipinski definition) is 1. The predicted molar refractivity (Wildman–Crippen MR) is 61.2 cm³/mol. The van der Waals surface area contributed by atoms with Gasteiger partial charge in [-0.25, -0.2) is 0 Å². The van der Waals surface area contributed by atoms with Gasteiger partial charge in [0.25, 0.3) is 0 Å². The molecule has 2 N–H and O–H groups in total. The van der Waals surface area contributed by atoms with Crippen LogP contribution in [-0.4, -0.2) is 4.57 Å². The van der Waals surface area contributed by atoms with Gasteiger partial charge in [-0.05, 0) is 18.1 Å². The maximum Gasteiger partial charge on any atom is 0.0713 e. The lowest BCUT2D eigenvalue weighted by Crippen LogP contribution is -2.03. The lowest BCUT2D eigenvalue weighted by Gasteiger charge is -2.09. The number of hydrogen-bond acceptors (Lipinski definition) is 1. The molecule has 0 spiro atoms. The zero-order valence-corrected chi connectivity index (χ0v) is 8.70. The zero-order valence-electron chi connectivity index (χ0n) is 8.70. The van der Waals surface area contributed by atoms with Crippen molar-refractivity contribution in [2.75, 3.05) is 5.73 Å². The van der Waals surface area contributed by atoms with Gasteiger partial charge in [-0.3, -0.25) is 0 Å². The summed E-state index contributed by atoms with van der Waals surface area (Å²) >= 11 is 0. The van der Waals surface area contributed by atoms with Gasteiger partial charge in [0.05, 0.1) is 11.2 Å². The summed E-state index contributed by atoms with van der Waals surface area (Å²) < 4.78 is 2.23. The monoisotopic (exact) mass is 188 g/mol. The van der Waals surface area contributed by atoms with Crippen LogP contribution in [0.15, 0.2) is 30.5 Å². The molecule has 74 valence electrons. The molecule has 2 rings (SSSR count). The molecule has 0 fully saturated rings. The van der Waals surface area contributed by atoms with Gasteiger partial charge in [0.1, 0.15) is 0 Å². The first-order chi connectivity index (χ1) is 6.68. The normalized spacial score (nSPS) is 11.4. The second-order valence-corrected chi connectivity index (χ2v) is 4.15. The number of fused-ring (bicyclic) bond motifs is 1. The number of nitrogens with zero attached hydrogens (tertiary/aromatic N) is 1. The van der Waals surface area contributed by atoms with E-state index in [0.717, 1.165) is 12.2 Å². The van der Waals surface area contributed by atoms with E-state index in [-0.39, 0.29) is 0 Å². The molecule has 0 amide bonds. The van der Waals surface area contributed by atoms with Gasteiger partial charge in [-0.15, -0.1) is 0 Å². The fraction of sp³-hybridized carbons (Fsp3) is 0.333. The van der Waals surface area contributed by atoms with Crippen LogP contribution in [-0.2, 0) is 6.54 Å². The average Bonchev–Trinajstić information content (AvgIpc) is 2.49. The first-order valence-corrected chi connectivity index (χ1v) is 5.02. The van der Waals surface area contributed by atoms with Crippen LogP contribution >= 0.6 is 0 Å². The molecule has 0 atom stereocenters. The van der Waals surface area contributed by atoms with E-state index in [1.807, 2.05) is 12.1 Å². The van der Waals surface area contributed by atoms with Crippen LogP contribution in [0.3, 0.4) is 0 Å². The third-order valence-corrected chi connectivity index (χ3v) is 2.38. The van der Waals surface area contributed by atoms with Gasteiger partial charge >= 0.3 is 0 Å². The largest absolute Gasteiger partial charge is 0.397 e. The summed E-state index contributed by atoms with van der Waals surface area (Å²) in [5.41, 5.74) is 7.99. The third-order valence-electron chi connectivity index (χ3n) is 2.38. The van der Waals surface area contributed by atoms with Crippen LogP contribution in [0.1, 0.15) is 13.8 Å². The minimum atomic E-state index is 0.644. The molecular formula is C12H16N2. The van der Waals surface area contributed by atoms with E-state index < -0.39 is 0 Å². The molecule has 0 saturated heterocycles. The van der Waals surface area contributed by atoms with Crippen molar-refractivity contribution in [3.63, 3.8) is 0 Å². The van der Waals surface area contributed by atoms with E-state index in [2.05, 4.69) is 36.7 Å². The summed E-state index contributed by atoms with van der Waals surface area (Å²) in [5.74, 6) is 0.644. The molecule has 0 saturated carbocycles. The van der Waals surface area contributed by atoms with E-state index in [0.29, 0.717) is 5.92 Å². The quantitative estimate of drug-likeness (QED) is 0.722. The van der Waals surface area contributed by atoms with Gasteiger partial charge in [-0.2, -0.15) is 0 Å². The molecule has 1 heterocycles. The average molecular weight is 188 g/mol. The first kappa shape index (κ1) is 9.13. The second-order valence-electron chi connectivity index (χ2n) is 4.15. The summed E-state index contributed by atoms with van der Waals surface area (Å²) in [6.07, 6.45) is 2.11. The van der Waals surface area contributed by atoms with Crippen LogP contribution in [0.4, 0.5) is 5.69 Å². The topological polar surface area (TPSA) is 30.9 Å². The van der Waals surface area contributed by atoms with Crippen LogP contribution in [0, 0.1) is 5.92 Å². The Morgan fingerprint density at radius 2 is 2.07 bits per heavy atom. The van der Waals surface area contributed by atoms with E-state index in [4.69, 9.17) is 5.73 Å². The second kappa shape index (κ2) is 3.37. The lowest BCUT2D eigenvalue weighted by atomic mass is 10.2. The van der Waals surface area contributed by atoms with Crippen LogP contribution in [0.25, 0.3) is 10.9 Å². The summed E-state index contributed by atoms with van der Waals surface area (Å²) in [5, 5.41) is 1.23. The minimum absolute atomic E-state index is 0.644. The summed E-state index contributed by atoms with van der Waals surface area (Å²) in [6, 6.07) is 8.17. The molecule has 0 aliphatic rings. The SMILES string of the molecule is CC(C)Cn1ccc2cccc(N)c21. The Bertz CT molecular complexity index is 441. The Hall–Kier alpha value is -1.44. The highest BCUT2D eigenvalue weighted by Crippen LogP contribution is 2.22. The van der Waals surface area contributed by atoms with Gasteiger partial charge < -0.3 is 10.3 Å². The highest BCUT2D eigenvalue weighted by molar-refractivity contribution is 5.90. The van der Waals surface area contributed by atoms with Crippen molar-refractivity contribution < 1.29 is 0 Å². The Kier molecular flexibility index (Phi) is 2.20. The molecule has 2 nitrogen and oxygen atoms in total. The predicted octanol–water partition coefficient (Wildman–Crippen LogP) is 2.88. The molecule has 0 bridgehead atoms. The van der Waals surface area contributed by atoms with Crippen LogP contribution in [0.5, 0.6) is 0 Å². The van der Waals surface area contributed by atoms with Gasteiger partial charge in [-0.1, -0.05) is 26.0 Å². The Labute approximate surface area is 84.3 Å². The first-order valence-electron chi connectivity index (χ1n) is 5.02. The van der Waals surface area contributed by atoms with E-state index in [1.165, 1.54) is 10.9 Å². The molecule has 1 aromatic carbocycles. The Morgan fingerprint density at radius 1 is 1.29 bits per heavy atom. The maximum atomic E-state index is 5.96. The lowest BCUT2D eigenvalue weighted by molar-refractivity contribution is 0.535. The molecule has 0 radical (unpaired) electrons. The van der Waals surface area contributed by atoms with Crippen molar-refractivity contribution in [1.29, 1.82) is 0 Å². The van der Waals surface area contributed by atoms with Crippen molar-refractivity contribution in [2.24, 2.45) is 5.92 Å². The zero-order chi connectivity index (χ0) is 10.1. The third kappa shape index (κ3) is 1.48. The van der Waals surface area contributed by atoms with Crippen molar-refractivity contribution in [3.8, 4) is 0 Å². The number of benzene rings is 1. The fourth-order valence-corrected chi connectivity index (χ4v) is 1.84. The van der Waals surface area contributed by atoms with Crippen molar-refractivity contribution in [3.05, 3.63) is 30.5 Å². The summed E-state index contributed by atoms with van der Waals surface area (Å²) in [7, 11) is 0. The van der Waals surface area contributed by atoms with Gasteiger partial charge in [0.15, 0.2) is 0 Å². The standard InChI is InChI=1S/C12H16N2/c1-9(2)8-14-7-6-10-4-3-5-11(13)12(10)14/h3-7,9H,8,13H2,1-2H3. The molecule has 2 aromatic rings. The highest BCUT2D eigenvalue weighted by atomic mass is 15.0. The number of para-hydroxylation sites is 1. The molecular weight excluding hydrogens is 172 g/mol. The van der Waals surface area contributed by atoms with Crippen molar-refractivity contribution in [2.45, 2.75) is 20.4 Å². The molecule has 0 aliphatic carbocycles. The van der Waals surface area contributed by atoms with Gasteiger partial charge in [0, 0.05) is 18.1 Å². The number of anilines is 1. The molecule has 2 heteroatoms. The van der Waals surface area contributed by atoms with Crippen LogP contribution in [0.2, 0.25) is 0 Å². The van der Waals surface area contributed by atoms with Crippen molar-refractivity contribution >= 4 is 16.6 Å². The number of rotatable bonds is 2. The van der Waals surface area contributed by atoms with Crippen molar-refractivity contribution in [1.82, 2.24) is 4.57 Å². The Morgan fingerprint density at radius 3 is 2.79 bits per heavy atom. The number of nitrogen functional groups attached to an aromatic ring is 1. The number of nitrogens with two attached hydrogens (primary N) is 1. The summed E-state index contributed by atoms with van der Waals surface area (Å²) in [4.78, 5) is 0. The maximum absolute atomic E-state index is 5.96. The Balaban J connectivity index is 2.55. The fourth-order valence-electron chi connectivity index (χ4n) is 1.84. The molecule has 14 heavy (non-hydrogen) atoms. The summed E-state index contributed by atoms with van der Waals surface area (Å²) in [6.45, 7) is 5.45. The molecule has 0 aliphatic heterocycles. The van der Waals surface area contributed by atoms with E-state index >= 15 is 0 Å². The minimum Gasteiger partial charge on any atom is -0.397 e. The van der Waals surface area contributed by atoms with E-state index in [1.54, 1.807) is 0 Å². The van der Waals surface area contributed by atoms with Crippen LogP contribution < -0.4 is 5.73 Å². The van der Waals surface area contributed by atoms with E-state index in [9.17, 15) is 0 Å². The highest BCUT2D eigenvalue weighted by Gasteiger charge is 2.04. The van der Waals surface area contributed by atoms with Gasteiger partial charge in [0.2, 0.25) is 0 Å². The molecule has 0 unspecified atom stereocenters. The number of aromatic nitrogens is 1. The molecule has 1 aromatic heterocycles. The smallest absolute Gasteiger partial charge is 0.0713 e.